The molecule has 9 heteroatoms. The molecule has 0 unspecified atom stereocenters. The van der Waals surface area contributed by atoms with Gasteiger partial charge in [0, 0.05) is 47.6 Å². The predicted octanol–water partition coefficient (Wildman–Crippen LogP) is 3.77. The van der Waals surface area contributed by atoms with Gasteiger partial charge in [-0.2, -0.15) is 15.1 Å². The van der Waals surface area contributed by atoms with E-state index in [4.69, 9.17) is 4.98 Å². The Morgan fingerprint density at radius 2 is 1.79 bits per heavy atom. The number of H-pyrrole nitrogens is 1. The number of rotatable bonds is 5. The van der Waals surface area contributed by atoms with Crippen LogP contribution in [0, 0.1) is 0 Å². The molecule has 2 aromatic heterocycles. The van der Waals surface area contributed by atoms with E-state index in [9.17, 15) is 5.11 Å². The fraction of sp³-hybridized carbons (Fsp3) is 0.292. The summed E-state index contributed by atoms with van der Waals surface area (Å²) >= 11 is 0. The molecule has 9 nitrogen and oxygen atoms in total. The van der Waals surface area contributed by atoms with Crippen molar-refractivity contribution in [3.8, 4) is 0 Å². The quantitative estimate of drug-likeness (QED) is 0.317. The van der Waals surface area contributed by atoms with Crippen LogP contribution in [0.3, 0.4) is 0 Å². The lowest BCUT2D eigenvalue weighted by Gasteiger charge is -2.31. The number of hydrogen-bond donors (Lipinski definition) is 5. The number of nitrogens with one attached hydrogen (secondary N) is 4. The first-order valence-corrected chi connectivity index (χ1v) is 11.4. The molecule has 0 bridgehead atoms. The highest BCUT2D eigenvalue weighted by Gasteiger charge is 2.20. The van der Waals surface area contributed by atoms with Crippen molar-refractivity contribution in [1.82, 2.24) is 20.2 Å². The van der Waals surface area contributed by atoms with Crippen LogP contribution >= 0.6 is 0 Å². The first-order chi connectivity index (χ1) is 16.2. The highest BCUT2D eigenvalue weighted by atomic mass is 16.3. The Labute approximate surface area is 191 Å². The predicted molar refractivity (Wildman–Crippen MR) is 131 cm³/mol. The number of nitrogens with zero attached hydrogens (tertiary/aromatic N) is 4. The third kappa shape index (κ3) is 4.03. The van der Waals surface area contributed by atoms with Gasteiger partial charge >= 0.3 is 0 Å². The fourth-order valence-electron chi connectivity index (χ4n) is 4.49. The first-order valence-electron chi connectivity index (χ1n) is 11.4. The smallest absolute Gasteiger partial charge is 0.231 e. The van der Waals surface area contributed by atoms with Crippen molar-refractivity contribution in [3.05, 3.63) is 54.2 Å². The van der Waals surface area contributed by atoms with Crippen molar-refractivity contribution in [2.75, 3.05) is 40.5 Å². The topological polar surface area (TPSA) is 114 Å². The molecule has 0 radical (unpaired) electrons. The Balaban J connectivity index is 1.22. The summed E-state index contributed by atoms with van der Waals surface area (Å²) in [4.78, 5) is 11.8. The maximum atomic E-state index is 9.74. The number of aliphatic hydroxyl groups excluding tert-OH is 1. The number of hydrogen-bond acceptors (Lipinski definition) is 8. The highest BCUT2D eigenvalue weighted by molar-refractivity contribution is 5.83. The second kappa shape index (κ2) is 8.25. The van der Waals surface area contributed by atoms with E-state index in [1.807, 2.05) is 36.5 Å². The molecule has 1 saturated heterocycles. The third-order valence-electron chi connectivity index (χ3n) is 6.33. The van der Waals surface area contributed by atoms with Crippen molar-refractivity contribution in [2.45, 2.75) is 25.4 Å². The number of aromatic amines is 1. The molecule has 2 aliphatic heterocycles. The molecule has 0 saturated carbocycles. The van der Waals surface area contributed by atoms with E-state index in [1.165, 1.54) is 5.69 Å². The van der Waals surface area contributed by atoms with Crippen molar-refractivity contribution in [1.29, 1.82) is 0 Å². The Morgan fingerprint density at radius 3 is 2.64 bits per heavy atom. The van der Waals surface area contributed by atoms with E-state index in [0.29, 0.717) is 5.95 Å². The Bertz CT molecular complexity index is 1280. The zero-order valence-corrected chi connectivity index (χ0v) is 18.2. The van der Waals surface area contributed by atoms with E-state index in [-0.39, 0.29) is 6.10 Å². The molecule has 168 valence electrons. The van der Waals surface area contributed by atoms with Crippen LogP contribution in [-0.2, 0) is 6.42 Å². The number of benzene rings is 2. The number of aromatic nitrogens is 4. The molecule has 4 heterocycles. The minimum absolute atomic E-state index is 0.169. The standard InChI is InChI=1S/C24H26N8O/c33-19-8-11-32(12-9-19)18-5-3-16(4-6-18)28-24-29-22-20(7-10-25-22)23(30-24)27-17-2-1-15-14-26-31-21(15)13-17/h1-6,13-14,19,33H,7-12H2,(H,26,31)(H3,25,27,28,29,30). The minimum atomic E-state index is -0.169. The first kappa shape index (κ1) is 19.8. The van der Waals surface area contributed by atoms with Crippen molar-refractivity contribution < 1.29 is 5.11 Å². The molecule has 33 heavy (non-hydrogen) atoms. The van der Waals surface area contributed by atoms with Crippen LogP contribution in [0.25, 0.3) is 10.9 Å². The van der Waals surface area contributed by atoms with Gasteiger partial charge in [-0.25, -0.2) is 0 Å². The molecular formula is C24H26N8O. The van der Waals surface area contributed by atoms with Gasteiger partial charge in [-0.15, -0.1) is 0 Å². The van der Waals surface area contributed by atoms with Crippen LogP contribution < -0.4 is 20.9 Å². The summed E-state index contributed by atoms with van der Waals surface area (Å²) in [5, 5.41) is 28.1. The molecule has 0 amide bonds. The molecule has 0 spiro atoms. The van der Waals surface area contributed by atoms with Crippen LogP contribution in [0.1, 0.15) is 18.4 Å². The molecule has 2 aromatic carbocycles. The summed E-state index contributed by atoms with van der Waals surface area (Å²) in [6.45, 7) is 2.61. The third-order valence-corrected chi connectivity index (χ3v) is 6.33. The van der Waals surface area contributed by atoms with Gasteiger partial charge in [-0.1, -0.05) is 0 Å². The summed E-state index contributed by atoms with van der Waals surface area (Å²) in [6, 6.07) is 14.4. The Morgan fingerprint density at radius 1 is 0.970 bits per heavy atom. The van der Waals surface area contributed by atoms with Crippen molar-refractivity contribution >= 4 is 45.5 Å². The zero-order chi connectivity index (χ0) is 22.2. The van der Waals surface area contributed by atoms with Crippen LogP contribution in [0.15, 0.2) is 48.7 Å². The Kier molecular flexibility index (Phi) is 4.95. The lowest BCUT2D eigenvalue weighted by atomic mass is 10.1. The van der Waals surface area contributed by atoms with Crippen LogP contribution in [-0.4, -0.2) is 51.0 Å². The van der Waals surface area contributed by atoms with Gasteiger partial charge in [-0.05, 0) is 61.7 Å². The SMILES string of the molecule is OC1CCN(c2ccc(Nc3nc4c(c(Nc5ccc6cn[nH]c6c5)n3)CCN4)cc2)CC1. The molecule has 1 fully saturated rings. The van der Waals surface area contributed by atoms with Gasteiger partial charge in [0.15, 0.2) is 0 Å². The number of anilines is 6. The van der Waals surface area contributed by atoms with Gasteiger partial charge in [0.2, 0.25) is 5.95 Å². The summed E-state index contributed by atoms with van der Waals surface area (Å²) in [5.41, 5.74) is 5.11. The monoisotopic (exact) mass is 442 g/mol. The molecule has 6 rings (SSSR count). The molecule has 2 aliphatic rings. The molecule has 4 aromatic rings. The average molecular weight is 443 g/mol. The van der Waals surface area contributed by atoms with Gasteiger partial charge in [0.25, 0.3) is 0 Å². The lowest BCUT2D eigenvalue weighted by molar-refractivity contribution is 0.145. The summed E-state index contributed by atoms with van der Waals surface area (Å²) in [6.07, 6.45) is 4.16. The number of piperidine rings is 1. The van der Waals surface area contributed by atoms with Crippen LogP contribution in [0.5, 0.6) is 0 Å². The molecule has 0 atom stereocenters. The van der Waals surface area contributed by atoms with Crippen LogP contribution in [0.2, 0.25) is 0 Å². The molecule has 0 aliphatic carbocycles. The van der Waals surface area contributed by atoms with Gasteiger partial charge in [0.05, 0.1) is 17.8 Å². The highest BCUT2D eigenvalue weighted by Crippen LogP contribution is 2.32. The largest absolute Gasteiger partial charge is 0.393 e. The van der Waals surface area contributed by atoms with E-state index in [0.717, 1.165) is 78.4 Å². The van der Waals surface area contributed by atoms with Gasteiger partial charge in [0.1, 0.15) is 11.6 Å². The normalized spacial score (nSPS) is 16.0. The minimum Gasteiger partial charge on any atom is -0.393 e. The lowest BCUT2D eigenvalue weighted by Crippen LogP contribution is -2.35. The van der Waals surface area contributed by atoms with E-state index < -0.39 is 0 Å². The second-order valence-electron chi connectivity index (χ2n) is 8.59. The fourth-order valence-corrected chi connectivity index (χ4v) is 4.49. The molecule has 5 N–H and O–H groups in total. The van der Waals surface area contributed by atoms with E-state index in [1.54, 1.807) is 0 Å². The summed E-state index contributed by atoms with van der Waals surface area (Å²) < 4.78 is 0. The van der Waals surface area contributed by atoms with E-state index in [2.05, 4.69) is 48.2 Å². The number of aliphatic hydroxyl groups is 1. The summed E-state index contributed by atoms with van der Waals surface area (Å²) in [7, 11) is 0. The Hall–Kier alpha value is -3.85. The average Bonchev–Trinajstić information content (AvgIpc) is 3.49. The van der Waals surface area contributed by atoms with E-state index >= 15 is 0 Å². The zero-order valence-electron chi connectivity index (χ0n) is 18.2. The second-order valence-corrected chi connectivity index (χ2v) is 8.59. The van der Waals surface area contributed by atoms with Crippen LogP contribution in [0.4, 0.5) is 34.6 Å². The maximum Gasteiger partial charge on any atom is 0.231 e. The number of fused-ring (bicyclic) bond motifs is 2. The molecular weight excluding hydrogens is 416 g/mol. The van der Waals surface area contributed by atoms with Gasteiger partial charge < -0.3 is 26.0 Å². The van der Waals surface area contributed by atoms with Crippen molar-refractivity contribution in [2.24, 2.45) is 0 Å². The van der Waals surface area contributed by atoms with Crippen molar-refractivity contribution in [3.63, 3.8) is 0 Å². The summed E-state index contributed by atoms with van der Waals surface area (Å²) in [5.74, 6) is 2.21. The van der Waals surface area contributed by atoms with Gasteiger partial charge in [-0.3, -0.25) is 5.10 Å². The maximum absolute atomic E-state index is 9.74.